The monoisotopic (exact) mass is 323 g/mol. The lowest BCUT2D eigenvalue weighted by molar-refractivity contribution is -0.115. The molecule has 4 nitrogen and oxygen atoms in total. The lowest BCUT2D eigenvalue weighted by Gasteiger charge is -2.11. The van der Waals surface area contributed by atoms with Gasteiger partial charge in [-0.25, -0.2) is 4.39 Å². The van der Waals surface area contributed by atoms with Gasteiger partial charge in [0.25, 0.3) is 0 Å². The van der Waals surface area contributed by atoms with E-state index in [2.05, 4.69) is 5.32 Å². The predicted molar refractivity (Wildman–Crippen MR) is 83.3 cm³/mol. The van der Waals surface area contributed by atoms with Crippen LogP contribution in [0.2, 0.25) is 5.02 Å². The van der Waals surface area contributed by atoms with E-state index in [4.69, 9.17) is 21.1 Å². The molecule has 22 heavy (non-hydrogen) atoms. The van der Waals surface area contributed by atoms with Crippen molar-refractivity contribution < 1.29 is 18.7 Å². The molecular formula is C16H15ClFNO3. The summed E-state index contributed by atoms with van der Waals surface area (Å²) in [4.78, 5) is 12.0. The summed E-state index contributed by atoms with van der Waals surface area (Å²) in [5, 5.41) is 2.90. The zero-order valence-electron chi connectivity index (χ0n) is 12.2. The maximum atomic E-state index is 13.7. The van der Waals surface area contributed by atoms with Crippen molar-refractivity contribution in [1.82, 2.24) is 0 Å². The highest BCUT2D eigenvalue weighted by Crippen LogP contribution is 2.30. The Morgan fingerprint density at radius 3 is 2.55 bits per heavy atom. The number of ether oxygens (including phenoxy) is 2. The lowest BCUT2D eigenvalue weighted by atomic mass is 10.1. The van der Waals surface area contributed by atoms with E-state index in [9.17, 15) is 9.18 Å². The molecule has 0 aliphatic rings. The molecule has 0 heterocycles. The molecule has 0 aliphatic carbocycles. The van der Waals surface area contributed by atoms with Gasteiger partial charge in [0, 0.05) is 22.3 Å². The van der Waals surface area contributed by atoms with E-state index < -0.39 is 5.82 Å². The largest absolute Gasteiger partial charge is 0.493 e. The molecule has 1 amide bonds. The van der Waals surface area contributed by atoms with Crippen LogP contribution in [0.25, 0.3) is 0 Å². The molecule has 0 spiro atoms. The van der Waals surface area contributed by atoms with Crippen molar-refractivity contribution in [3.05, 3.63) is 52.8 Å². The average Bonchev–Trinajstić information content (AvgIpc) is 2.51. The molecule has 0 saturated heterocycles. The van der Waals surface area contributed by atoms with Crippen LogP contribution < -0.4 is 14.8 Å². The summed E-state index contributed by atoms with van der Waals surface area (Å²) in [6.07, 6.45) is -0.153. The first-order valence-corrected chi connectivity index (χ1v) is 6.87. The molecule has 0 radical (unpaired) electrons. The molecule has 0 unspecified atom stereocenters. The molecule has 0 saturated carbocycles. The molecule has 0 atom stereocenters. The number of hydrogen-bond acceptors (Lipinski definition) is 3. The number of anilines is 1. The Kier molecular flexibility index (Phi) is 5.22. The van der Waals surface area contributed by atoms with Crippen LogP contribution in [0.1, 0.15) is 5.56 Å². The number of amides is 1. The van der Waals surface area contributed by atoms with E-state index in [1.54, 1.807) is 24.3 Å². The zero-order chi connectivity index (χ0) is 16.1. The zero-order valence-corrected chi connectivity index (χ0v) is 12.9. The summed E-state index contributed by atoms with van der Waals surface area (Å²) in [6.45, 7) is 0. The van der Waals surface area contributed by atoms with Gasteiger partial charge in [-0.2, -0.15) is 0 Å². The van der Waals surface area contributed by atoms with Gasteiger partial charge in [-0.3, -0.25) is 4.79 Å². The van der Waals surface area contributed by atoms with Gasteiger partial charge in [0.1, 0.15) is 5.82 Å². The molecule has 2 rings (SSSR count). The lowest BCUT2D eigenvalue weighted by Crippen LogP contribution is -2.15. The second-order valence-electron chi connectivity index (χ2n) is 4.49. The minimum Gasteiger partial charge on any atom is -0.493 e. The maximum Gasteiger partial charge on any atom is 0.228 e. The first-order valence-electron chi connectivity index (χ1n) is 6.50. The number of nitrogens with one attached hydrogen (secondary N) is 1. The Morgan fingerprint density at radius 2 is 1.91 bits per heavy atom. The number of carbonyl (C=O) groups is 1. The van der Waals surface area contributed by atoms with Crippen molar-refractivity contribution in [2.45, 2.75) is 6.42 Å². The van der Waals surface area contributed by atoms with Crippen LogP contribution in [0.5, 0.6) is 11.5 Å². The Bertz CT molecular complexity index is 671. The predicted octanol–water partition coefficient (Wildman–Crippen LogP) is 3.68. The maximum absolute atomic E-state index is 13.7. The number of benzene rings is 2. The number of carbonyl (C=O) groups excluding carboxylic acids is 1. The van der Waals surface area contributed by atoms with Crippen molar-refractivity contribution in [3.63, 3.8) is 0 Å². The highest BCUT2D eigenvalue weighted by Gasteiger charge is 2.13. The van der Waals surface area contributed by atoms with Crippen LogP contribution in [-0.4, -0.2) is 20.1 Å². The van der Waals surface area contributed by atoms with Crippen molar-refractivity contribution in [2.24, 2.45) is 0 Å². The van der Waals surface area contributed by atoms with Crippen LogP contribution in [-0.2, 0) is 11.2 Å². The minimum atomic E-state index is -0.505. The number of rotatable bonds is 5. The van der Waals surface area contributed by atoms with Gasteiger partial charge in [-0.1, -0.05) is 17.7 Å². The van der Waals surface area contributed by atoms with Gasteiger partial charge in [0.05, 0.1) is 20.6 Å². The highest BCUT2D eigenvalue weighted by atomic mass is 35.5. The molecule has 0 fully saturated rings. The number of halogens is 2. The summed E-state index contributed by atoms with van der Waals surface area (Å²) in [5.74, 6) is 0.163. The first kappa shape index (κ1) is 16.1. The van der Waals surface area contributed by atoms with E-state index in [0.29, 0.717) is 17.2 Å². The van der Waals surface area contributed by atoms with E-state index in [0.717, 1.165) is 0 Å². The SMILES string of the molecule is COc1ccc(NC(=O)Cc2c(F)cccc2Cl)cc1OC. The van der Waals surface area contributed by atoms with Gasteiger partial charge >= 0.3 is 0 Å². The summed E-state index contributed by atoms with van der Waals surface area (Å²) >= 11 is 5.91. The Labute approximate surface area is 132 Å². The summed E-state index contributed by atoms with van der Waals surface area (Å²) in [5.41, 5.74) is 0.692. The van der Waals surface area contributed by atoms with Crippen LogP contribution in [0.15, 0.2) is 36.4 Å². The Hall–Kier alpha value is -2.27. The second-order valence-corrected chi connectivity index (χ2v) is 4.90. The second kappa shape index (κ2) is 7.13. The van der Waals surface area contributed by atoms with Gasteiger partial charge in [-0.15, -0.1) is 0 Å². The molecule has 0 aromatic heterocycles. The Morgan fingerprint density at radius 1 is 1.18 bits per heavy atom. The quantitative estimate of drug-likeness (QED) is 0.913. The third-order valence-corrected chi connectivity index (χ3v) is 3.42. The van der Waals surface area contributed by atoms with Crippen LogP contribution in [0.4, 0.5) is 10.1 Å². The van der Waals surface area contributed by atoms with Crippen LogP contribution >= 0.6 is 11.6 Å². The molecule has 1 N–H and O–H groups in total. The van der Waals surface area contributed by atoms with Crippen molar-refractivity contribution >= 4 is 23.2 Å². The van der Waals surface area contributed by atoms with Crippen LogP contribution in [0, 0.1) is 5.82 Å². The Balaban J connectivity index is 2.12. The van der Waals surface area contributed by atoms with Gasteiger partial charge in [-0.05, 0) is 24.3 Å². The molecular weight excluding hydrogens is 309 g/mol. The standard InChI is InChI=1S/C16H15ClFNO3/c1-21-14-7-6-10(8-15(14)22-2)19-16(20)9-11-12(17)4-3-5-13(11)18/h3-8H,9H2,1-2H3,(H,19,20). The molecule has 0 bridgehead atoms. The molecule has 6 heteroatoms. The van der Waals surface area contributed by atoms with Crippen molar-refractivity contribution in [2.75, 3.05) is 19.5 Å². The number of hydrogen-bond donors (Lipinski definition) is 1. The van der Waals surface area contributed by atoms with E-state index in [1.807, 2.05) is 0 Å². The molecule has 0 aliphatic heterocycles. The third kappa shape index (κ3) is 3.68. The van der Waals surface area contributed by atoms with Crippen molar-refractivity contribution in [3.8, 4) is 11.5 Å². The van der Waals surface area contributed by atoms with Gasteiger partial charge < -0.3 is 14.8 Å². The highest BCUT2D eigenvalue weighted by molar-refractivity contribution is 6.31. The topological polar surface area (TPSA) is 47.6 Å². The van der Waals surface area contributed by atoms with Gasteiger partial charge in [0.15, 0.2) is 11.5 Å². The third-order valence-electron chi connectivity index (χ3n) is 3.07. The van der Waals surface area contributed by atoms with E-state index in [-0.39, 0.29) is 22.9 Å². The smallest absolute Gasteiger partial charge is 0.228 e. The van der Waals surface area contributed by atoms with E-state index >= 15 is 0 Å². The fourth-order valence-corrected chi connectivity index (χ4v) is 2.21. The van der Waals surface area contributed by atoms with Crippen molar-refractivity contribution in [1.29, 1.82) is 0 Å². The normalized spacial score (nSPS) is 10.2. The first-order chi connectivity index (χ1) is 10.5. The average molecular weight is 324 g/mol. The molecule has 2 aromatic rings. The van der Waals surface area contributed by atoms with Crippen LogP contribution in [0.3, 0.4) is 0 Å². The van der Waals surface area contributed by atoms with E-state index in [1.165, 1.54) is 26.4 Å². The van der Waals surface area contributed by atoms with Gasteiger partial charge in [0.2, 0.25) is 5.91 Å². The fourth-order valence-electron chi connectivity index (χ4n) is 1.98. The summed E-state index contributed by atoms with van der Waals surface area (Å²) in [6, 6.07) is 9.27. The minimum absolute atomic E-state index is 0.153. The summed E-state index contributed by atoms with van der Waals surface area (Å²) in [7, 11) is 3.03. The molecule has 116 valence electrons. The number of methoxy groups -OCH3 is 2. The summed E-state index contributed by atoms with van der Waals surface area (Å²) < 4.78 is 23.9. The fraction of sp³-hybridized carbons (Fsp3) is 0.188. The molecule has 2 aromatic carbocycles.